The van der Waals surface area contributed by atoms with Crippen molar-refractivity contribution < 1.29 is 14.7 Å². The number of pyridine rings is 1. The van der Waals surface area contributed by atoms with E-state index in [0.29, 0.717) is 25.1 Å². The smallest absolute Gasteiger partial charge is 0.308 e. The number of carboxylic acid groups (broad SMARTS) is 1. The summed E-state index contributed by atoms with van der Waals surface area (Å²) in [7, 11) is 0. The zero-order chi connectivity index (χ0) is 18.8. The molecule has 1 N–H and O–H groups in total. The molecule has 1 fully saturated rings. The third-order valence-corrected chi connectivity index (χ3v) is 5.15. The van der Waals surface area contributed by atoms with Crippen LogP contribution in [0, 0.1) is 25.7 Å². The lowest BCUT2D eigenvalue weighted by molar-refractivity contribution is -0.143. The van der Waals surface area contributed by atoms with E-state index >= 15 is 0 Å². The average molecular weight is 355 g/mol. The van der Waals surface area contributed by atoms with Gasteiger partial charge in [0.05, 0.1) is 23.7 Å². The number of amides is 1. The van der Waals surface area contributed by atoms with Gasteiger partial charge in [-0.1, -0.05) is 13.0 Å². The van der Waals surface area contributed by atoms with Gasteiger partial charge in [-0.15, -0.1) is 0 Å². The number of nitrogens with zero attached hydrogens (tertiary/aromatic N) is 3. The maximum Gasteiger partial charge on any atom is 0.308 e. The molecule has 0 aromatic carbocycles. The standard InChI is InChI=1S/C20H25N3O3/c1-13-8-16(20(25)26)11-22(10-13)19(24)18-9-14(2)23(15(18)3)12-17-6-4-5-7-21-17/h4-7,9,13,16H,8,10-12H2,1-3H3,(H,25,26). The van der Waals surface area contributed by atoms with Crippen LogP contribution in [0.25, 0.3) is 0 Å². The van der Waals surface area contributed by atoms with Crippen molar-refractivity contribution in [3.63, 3.8) is 0 Å². The Labute approximate surface area is 153 Å². The molecule has 26 heavy (non-hydrogen) atoms. The van der Waals surface area contributed by atoms with Crippen LogP contribution in [0.4, 0.5) is 0 Å². The van der Waals surface area contributed by atoms with Gasteiger partial charge in [-0.25, -0.2) is 0 Å². The number of hydrogen-bond donors (Lipinski definition) is 1. The van der Waals surface area contributed by atoms with Gasteiger partial charge >= 0.3 is 5.97 Å². The number of rotatable bonds is 4. The number of aliphatic carboxylic acids is 1. The minimum Gasteiger partial charge on any atom is -0.481 e. The van der Waals surface area contributed by atoms with E-state index in [1.165, 1.54) is 0 Å². The second-order valence-electron chi connectivity index (χ2n) is 7.28. The van der Waals surface area contributed by atoms with Crippen LogP contribution in [0.2, 0.25) is 0 Å². The predicted molar refractivity (Wildman–Crippen MR) is 98.1 cm³/mol. The van der Waals surface area contributed by atoms with E-state index in [9.17, 15) is 14.7 Å². The molecule has 3 heterocycles. The second kappa shape index (κ2) is 7.32. The van der Waals surface area contributed by atoms with E-state index in [0.717, 1.165) is 17.1 Å². The van der Waals surface area contributed by atoms with Gasteiger partial charge in [0.2, 0.25) is 0 Å². The van der Waals surface area contributed by atoms with Crippen molar-refractivity contribution in [3.05, 3.63) is 53.1 Å². The highest BCUT2D eigenvalue weighted by atomic mass is 16.4. The molecule has 1 aliphatic heterocycles. The van der Waals surface area contributed by atoms with Crippen LogP contribution in [0.3, 0.4) is 0 Å². The summed E-state index contributed by atoms with van der Waals surface area (Å²) in [6.45, 7) is 7.41. The number of hydrogen-bond acceptors (Lipinski definition) is 3. The number of carbonyl (C=O) groups excluding carboxylic acids is 1. The minimum absolute atomic E-state index is 0.0804. The number of piperidine rings is 1. The Morgan fingerprint density at radius 2 is 2.04 bits per heavy atom. The molecule has 1 aliphatic rings. The van der Waals surface area contributed by atoms with E-state index in [2.05, 4.69) is 9.55 Å². The van der Waals surface area contributed by atoms with Gasteiger partial charge in [-0.2, -0.15) is 0 Å². The summed E-state index contributed by atoms with van der Waals surface area (Å²) in [6.07, 6.45) is 2.38. The summed E-state index contributed by atoms with van der Waals surface area (Å²) < 4.78 is 2.08. The lowest BCUT2D eigenvalue weighted by atomic mass is 9.90. The van der Waals surface area contributed by atoms with E-state index in [1.807, 2.05) is 45.0 Å². The number of carboxylic acids is 1. The van der Waals surface area contributed by atoms with Gasteiger partial charge in [0.25, 0.3) is 5.91 Å². The molecule has 0 radical (unpaired) electrons. The van der Waals surface area contributed by atoms with Crippen molar-refractivity contribution in [3.8, 4) is 0 Å². The van der Waals surface area contributed by atoms with Crippen LogP contribution >= 0.6 is 0 Å². The molecule has 0 aliphatic carbocycles. The average Bonchev–Trinajstić information content (AvgIpc) is 2.89. The van der Waals surface area contributed by atoms with Crippen LogP contribution in [0.15, 0.2) is 30.5 Å². The number of likely N-dealkylation sites (tertiary alicyclic amines) is 1. The summed E-state index contributed by atoms with van der Waals surface area (Å²) in [5.41, 5.74) is 3.47. The molecule has 3 rings (SSSR count). The van der Waals surface area contributed by atoms with Crippen LogP contribution in [0.5, 0.6) is 0 Å². The Morgan fingerprint density at radius 1 is 1.27 bits per heavy atom. The van der Waals surface area contributed by atoms with E-state index in [1.54, 1.807) is 11.1 Å². The summed E-state index contributed by atoms with van der Waals surface area (Å²) in [4.78, 5) is 30.5. The fourth-order valence-corrected chi connectivity index (χ4v) is 3.78. The SMILES string of the molecule is Cc1cc(C(=O)N2CC(C)CC(C(=O)O)C2)c(C)n1Cc1ccccn1. The topological polar surface area (TPSA) is 75.4 Å². The Balaban J connectivity index is 1.84. The van der Waals surface area contributed by atoms with Crippen LogP contribution < -0.4 is 0 Å². The van der Waals surface area contributed by atoms with Gasteiger partial charge in [-0.3, -0.25) is 14.6 Å². The molecule has 138 valence electrons. The quantitative estimate of drug-likeness (QED) is 0.915. The molecule has 2 atom stereocenters. The van der Waals surface area contributed by atoms with Crippen molar-refractivity contribution in [1.82, 2.24) is 14.5 Å². The Bertz CT molecular complexity index is 813. The van der Waals surface area contributed by atoms with Crippen molar-refractivity contribution in [2.24, 2.45) is 11.8 Å². The normalized spacial score (nSPS) is 20.2. The van der Waals surface area contributed by atoms with Crippen LogP contribution in [-0.4, -0.2) is 44.5 Å². The number of aromatic nitrogens is 2. The maximum absolute atomic E-state index is 13.1. The Kier molecular flexibility index (Phi) is 5.11. The van der Waals surface area contributed by atoms with Crippen molar-refractivity contribution >= 4 is 11.9 Å². The first-order valence-electron chi connectivity index (χ1n) is 8.95. The van der Waals surface area contributed by atoms with Crippen molar-refractivity contribution in [1.29, 1.82) is 0 Å². The van der Waals surface area contributed by atoms with Crippen molar-refractivity contribution in [2.45, 2.75) is 33.7 Å². The van der Waals surface area contributed by atoms with Crippen LogP contribution in [-0.2, 0) is 11.3 Å². The molecule has 1 saturated heterocycles. The van der Waals surface area contributed by atoms with Gasteiger partial charge in [0.15, 0.2) is 0 Å². The monoisotopic (exact) mass is 355 g/mol. The lowest BCUT2D eigenvalue weighted by Gasteiger charge is -2.34. The molecule has 2 aromatic heterocycles. The number of aryl methyl sites for hydroxylation is 1. The fraction of sp³-hybridized carbons (Fsp3) is 0.450. The molecule has 1 amide bonds. The van der Waals surface area contributed by atoms with Crippen molar-refractivity contribution in [2.75, 3.05) is 13.1 Å². The Hall–Kier alpha value is -2.63. The first-order valence-corrected chi connectivity index (χ1v) is 8.95. The minimum atomic E-state index is -0.824. The summed E-state index contributed by atoms with van der Waals surface area (Å²) in [5.74, 6) is -1.20. The molecule has 2 unspecified atom stereocenters. The maximum atomic E-state index is 13.1. The first-order chi connectivity index (χ1) is 12.4. The highest BCUT2D eigenvalue weighted by Gasteiger charge is 2.33. The van der Waals surface area contributed by atoms with E-state index in [-0.39, 0.29) is 18.4 Å². The molecule has 6 heteroatoms. The molecule has 0 bridgehead atoms. The molecular weight excluding hydrogens is 330 g/mol. The molecule has 0 saturated carbocycles. The van der Waals surface area contributed by atoms with Gasteiger partial charge in [0.1, 0.15) is 0 Å². The Morgan fingerprint density at radius 3 is 2.69 bits per heavy atom. The first kappa shape index (κ1) is 18.2. The van der Waals surface area contributed by atoms with Crippen LogP contribution in [0.1, 0.15) is 40.8 Å². The molecule has 0 spiro atoms. The fourth-order valence-electron chi connectivity index (χ4n) is 3.78. The second-order valence-corrected chi connectivity index (χ2v) is 7.28. The van der Waals surface area contributed by atoms with E-state index < -0.39 is 11.9 Å². The molecule has 2 aromatic rings. The zero-order valence-electron chi connectivity index (χ0n) is 15.5. The van der Waals surface area contributed by atoms with Gasteiger partial charge in [0, 0.05) is 30.7 Å². The molecule has 6 nitrogen and oxygen atoms in total. The van der Waals surface area contributed by atoms with Gasteiger partial charge in [-0.05, 0) is 44.4 Å². The van der Waals surface area contributed by atoms with E-state index in [4.69, 9.17) is 0 Å². The third-order valence-electron chi connectivity index (χ3n) is 5.15. The number of carbonyl (C=O) groups is 2. The third kappa shape index (κ3) is 3.64. The highest BCUT2D eigenvalue weighted by Crippen LogP contribution is 2.25. The van der Waals surface area contributed by atoms with Gasteiger partial charge < -0.3 is 14.6 Å². The summed E-state index contributed by atoms with van der Waals surface area (Å²) in [5, 5.41) is 9.34. The predicted octanol–water partition coefficient (Wildman–Crippen LogP) is 2.73. The largest absolute Gasteiger partial charge is 0.481 e. The highest BCUT2D eigenvalue weighted by molar-refractivity contribution is 5.96. The summed E-state index contributed by atoms with van der Waals surface area (Å²) >= 11 is 0. The lowest BCUT2D eigenvalue weighted by Crippen LogP contribution is -2.45. The zero-order valence-corrected chi connectivity index (χ0v) is 15.5. The summed E-state index contributed by atoms with van der Waals surface area (Å²) in [6, 6.07) is 7.69. The molecular formula is C20H25N3O3.